The maximum absolute atomic E-state index is 10.3. The van der Waals surface area contributed by atoms with Gasteiger partial charge in [-0.2, -0.15) is 8.42 Å². The maximum Gasteiger partial charge on any atom is 0.312 e. The van der Waals surface area contributed by atoms with Gasteiger partial charge in [0.1, 0.15) is 0 Å². The van der Waals surface area contributed by atoms with E-state index in [1.165, 1.54) is 18.3 Å². The largest absolute Gasteiger partial charge is 0.412 e. The maximum atomic E-state index is 10.3. The molecule has 1 aromatic heterocycles. The molecule has 0 atom stereocenters. The fourth-order valence-electron chi connectivity index (χ4n) is 0.500. The van der Waals surface area contributed by atoms with E-state index in [0.29, 0.717) is 0 Å². The average Bonchev–Trinajstić information content (AvgIpc) is 1.88. The van der Waals surface area contributed by atoms with Crippen LogP contribution in [0.1, 0.15) is 0 Å². The third-order valence-corrected chi connectivity index (χ3v) is 1.67. The van der Waals surface area contributed by atoms with Crippen LogP contribution in [0.25, 0.3) is 0 Å². The number of pyridine rings is 1. The van der Waals surface area contributed by atoms with Crippen LogP contribution in [0.15, 0.2) is 29.4 Å². The second kappa shape index (κ2) is 5.32. The van der Waals surface area contributed by atoms with Gasteiger partial charge in [-0.3, -0.25) is 4.55 Å². The molecule has 0 aliphatic carbocycles. The van der Waals surface area contributed by atoms with Crippen molar-refractivity contribution >= 4 is 10.1 Å². The van der Waals surface area contributed by atoms with Gasteiger partial charge < -0.3 is 5.48 Å². The molecule has 0 bridgehead atoms. The molecule has 0 aliphatic heterocycles. The predicted molar refractivity (Wildman–Crippen MR) is 37.7 cm³/mol. The fraction of sp³-hybridized carbons (Fsp3) is 0. The monoisotopic (exact) mass is 241 g/mol. The standard InChI is InChI=1S/C5H5NO3S.H2O.Zn/c7-10(8,9)5-3-1-2-4-6-5;;/h1-4H,(H,7,8,9);1H2;. The van der Waals surface area contributed by atoms with E-state index in [0.717, 1.165) is 0 Å². The summed E-state index contributed by atoms with van der Waals surface area (Å²) in [6.07, 6.45) is 1.29. The summed E-state index contributed by atoms with van der Waals surface area (Å²) < 4.78 is 29.1. The van der Waals surface area contributed by atoms with E-state index in [-0.39, 0.29) is 30.0 Å². The first-order valence-electron chi connectivity index (χ1n) is 2.49. The summed E-state index contributed by atoms with van der Waals surface area (Å²) in [5.74, 6) is 0. The number of nitrogens with zero attached hydrogens (tertiary/aromatic N) is 1. The van der Waals surface area contributed by atoms with Crippen molar-refractivity contribution in [3.63, 3.8) is 0 Å². The van der Waals surface area contributed by atoms with Crippen molar-refractivity contribution in [2.75, 3.05) is 0 Å². The number of hydrogen-bond donors (Lipinski definition) is 1. The van der Waals surface area contributed by atoms with Crippen LogP contribution >= 0.6 is 0 Å². The minimum Gasteiger partial charge on any atom is -0.412 e. The van der Waals surface area contributed by atoms with E-state index in [4.69, 9.17) is 4.55 Å². The van der Waals surface area contributed by atoms with Crippen molar-refractivity contribution in [3.8, 4) is 0 Å². The molecule has 1 aromatic rings. The Hall–Kier alpha value is -0.357. The van der Waals surface area contributed by atoms with Crippen LogP contribution in [0.2, 0.25) is 0 Å². The molecule has 64 valence electrons. The molecule has 0 fully saturated rings. The zero-order valence-electron chi connectivity index (χ0n) is 6.14. The number of aromatic nitrogens is 1. The smallest absolute Gasteiger partial charge is 0.312 e. The van der Waals surface area contributed by atoms with Gasteiger partial charge in [0.2, 0.25) is 0 Å². The van der Waals surface area contributed by atoms with E-state index in [1.807, 2.05) is 0 Å². The second-order valence-corrected chi connectivity index (χ2v) is 3.01. The summed E-state index contributed by atoms with van der Waals surface area (Å²) in [6, 6.07) is 4.26. The first kappa shape index (κ1) is 14.2. The van der Waals surface area contributed by atoms with Crippen LogP contribution in [0.5, 0.6) is 0 Å². The molecule has 0 aliphatic rings. The fourth-order valence-corrected chi connectivity index (χ4v) is 0.944. The van der Waals surface area contributed by atoms with E-state index in [9.17, 15) is 8.42 Å². The zero-order chi connectivity index (χ0) is 7.61. The quantitative estimate of drug-likeness (QED) is 0.530. The summed E-state index contributed by atoms with van der Waals surface area (Å²) in [4.78, 5) is 3.41. The van der Waals surface area contributed by atoms with Crippen LogP contribution in [-0.4, -0.2) is 23.4 Å². The minimum atomic E-state index is -4.11. The minimum absolute atomic E-state index is 0. The average molecular weight is 243 g/mol. The molecule has 0 spiro atoms. The van der Waals surface area contributed by atoms with Gasteiger partial charge in [-0.1, -0.05) is 6.07 Å². The molecule has 0 saturated heterocycles. The molecule has 1 heterocycles. The van der Waals surface area contributed by atoms with Crippen molar-refractivity contribution in [1.82, 2.24) is 4.98 Å². The molecule has 1 rings (SSSR count). The summed E-state index contributed by atoms with van der Waals surface area (Å²) in [7, 11) is -4.11. The van der Waals surface area contributed by atoms with Gasteiger partial charge in [-0.25, -0.2) is 4.98 Å². The third kappa shape index (κ3) is 3.87. The molecule has 0 amide bonds. The van der Waals surface area contributed by atoms with Gasteiger partial charge in [-0.05, 0) is 12.1 Å². The Kier molecular flexibility index (Phi) is 6.28. The Balaban J connectivity index is 0. The summed E-state index contributed by atoms with van der Waals surface area (Å²) >= 11 is 0. The van der Waals surface area contributed by atoms with Crippen molar-refractivity contribution in [2.45, 2.75) is 5.03 Å². The third-order valence-electron chi connectivity index (χ3n) is 0.902. The van der Waals surface area contributed by atoms with Crippen LogP contribution < -0.4 is 0 Å². The van der Waals surface area contributed by atoms with Gasteiger partial charge in [0, 0.05) is 25.7 Å². The van der Waals surface area contributed by atoms with Crippen LogP contribution in [0.3, 0.4) is 0 Å². The second-order valence-electron chi connectivity index (χ2n) is 1.64. The van der Waals surface area contributed by atoms with Gasteiger partial charge in [0.15, 0.2) is 5.03 Å². The summed E-state index contributed by atoms with van der Waals surface area (Å²) in [5.41, 5.74) is 0. The first-order valence-corrected chi connectivity index (χ1v) is 3.93. The van der Waals surface area contributed by atoms with Gasteiger partial charge in [0.05, 0.1) is 0 Å². The summed E-state index contributed by atoms with van der Waals surface area (Å²) in [6.45, 7) is 0. The molecule has 0 saturated carbocycles. The van der Waals surface area contributed by atoms with Crippen molar-refractivity contribution in [2.24, 2.45) is 0 Å². The van der Waals surface area contributed by atoms with E-state index in [1.54, 1.807) is 6.07 Å². The molecule has 7 heteroatoms. The SMILES string of the molecule is O.O=S(=O)(O)c1ccccn1.[Zn]. The molecular formula is C5H7NO4SZn. The zero-order valence-corrected chi connectivity index (χ0v) is 9.92. The van der Waals surface area contributed by atoms with E-state index >= 15 is 0 Å². The molecular weight excluding hydrogens is 236 g/mol. The predicted octanol–water partition coefficient (Wildman–Crippen LogP) is -0.499. The van der Waals surface area contributed by atoms with Gasteiger partial charge in [-0.15, -0.1) is 0 Å². The molecule has 5 nitrogen and oxygen atoms in total. The van der Waals surface area contributed by atoms with Gasteiger partial charge >= 0.3 is 10.1 Å². The number of hydrogen-bond acceptors (Lipinski definition) is 3. The van der Waals surface area contributed by atoms with Crippen LogP contribution in [-0.2, 0) is 29.6 Å². The van der Waals surface area contributed by atoms with Crippen molar-refractivity contribution < 1.29 is 37.9 Å². The van der Waals surface area contributed by atoms with Crippen molar-refractivity contribution in [1.29, 1.82) is 0 Å². The molecule has 0 unspecified atom stereocenters. The Bertz CT molecular complexity index is 311. The van der Waals surface area contributed by atoms with Gasteiger partial charge in [0.25, 0.3) is 0 Å². The van der Waals surface area contributed by atoms with E-state index in [2.05, 4.69) is 4.98 Å². The Morgan fingerprint density at radius 3 is 2.17 bits per heavy atom. The van der Waals surface area contributed by atoms with Crippen LogP contribution in [0, 0.1) is 0 Å². The normalized spacial score (nSPS) is 9.42. The molecule has 0 aromatic carbocycles. The molecule has 12 heavy (non-hydrogen) atoms. The van der Waals surface area contributed by atoms with Crippen molar-refractivity contribution in [3.05, 3.63) is 24.4 Å². The Labute approximate surface area is 82.6 Å². The molecule has 3 N–H and O–H groups in total. The first-order chi connectivity index (χ1) is 4.61. The molecule has 0 radical (unpaired) electrons. The number of rotatable bonds is 1. The summed E-state index contributed by atoms with van der Waals surface area (Å²) in [5, 5.41) is -0.324. The van der Waals surface area contributed by atoms with E-state index < -0.39 is 10.1 Å². The Morgan fingerprint density at radius 2 is 1.92 bits per heavy atom. The Morgan fingerprint density at radius 1 is 1.33 bits per heavy atom. The van der Waals surface area contributed by atoms with Crippen LogP contribution in [0.4, 0.5) is 0 Å². The topological polar surface area (TPSA) is 98.8 Å².